The van der Waals surface area contributed by atoms with E-state index < -0.39 is 0 Å². The Morgan fingerprint density at radius 3 is 3.00 bits per heavy atom. The van der Waals surface area contributed by atoms with E-state index in [1.807, 2.05) is 0 Å². The van der Waals surface area contributed by atoms with Crippen molar-refractivity contribution in [2.45, 2.75) is 13.3 Å². The normalized spacial score (nSPS) is 9.80. The van der Waals surface area contributed by atoms with Gasteiger partial charge in [-0.2, -0.15) is 0 Å². The van der Waals surface area contributed by atoms with Crippen LogP contribution in [-0.4, -0.2) is 10.8 Å². The Morgan fingerprint density at radius 2 is 2.60 bits per heavy atom. The smallest absolute Gasteiger partial charge is 0.183 e. The Hall–Kier alpha value is -0.410. The standard InChI is InChI=1S/C6H6ClNOS/c1-4(9)2-5-3-10-6(7)8-5/h3H,2H2,1H3. The fourth-order valence-electron chi connectivity index (χ4n) is 0.619. The van der Waals surface area contributed by atoms with E-state index in [-0.39, 0.29) is 5.78 Å². The van der Waals surface area contributed by atoms with Gasteiger partial charge in [0.2, 0.25) is 0 Å². The number of rotatable bonds is 2. The summed E-state index contributed by atoms with van der Waals surface area (Å²) in [4.78, 5) is 14.5. The van der Waals surface area contributed by atoms with Crippen LogP contribution in [0.5, 0.6) is 0 Å². The fourth-order valence-corrected chi connectivity index (χ4v) is 1.40. The molecule has 0 amide bonds. The molecule has 0 radical (unpaired) electrons. The van der Waals surface area contributed by atoms with Crippen LogP contribution in [-0.2, 0) is 11.2 Å². The molecule has 0 fully saturated rings. The van der Waals surface area contributed by atoms with Gasteiger partial charge in [0.05, 0.1) is 5.69 Å². The van der Waals surface area contributed by atoms with Crippen LogP contribution in [0.4, 0.5) is 0 Å². The third-order valence-corrected chi connectivity index (χ3v) is 1.98. The van der Waals surface area contributed by atoms with Crippen LogP contribution in [0.15, 0.2) is 5.38 Å². The molecule has 0 aromatic carbocycles. The second kappa shape index (κ2) is 3.12. The zero-order valence-corrected chi connectivity index (χ0v) is 7.00. The molecule has 1 aromatic rings. The second-order valence-corrected chi connectivity index (χ2v) is 3.41. The minimum Gasteiger partial charge on any atom is -0.300 e. The van der Waals surface area contributed by atoms with E-state index in [0.29, 0.717) is 10.9 Å². The highest BCUT2D eigenvalue weighted by Gasteiger charge is 2.01. The number of carbonyl (C=O) groups is 1. The average Bonchev–Trinajstić information content (AvgIpc) is 2.13. The highest BCUT2D eigenvalue weighted by Crippen LogP contribution is 2.15. The van der Waals surface area contributed by atoms with Crippen molar-refractivity contribution >= 4 is 28.7 Å². The molecular formula is C6H6ClNOS. The summed E-state index contributed by atoms with van der Waals surface area (Å²) in [7, 11) is 0. The summed E-state index contributed by atoms with van der Waals surface area (Å²) in [6.07, 6.45) is 0.392. The first-order valence-corrected chi connectivity index (χ1v) is 4.03. The van der Waals surface area contributed by atoms with Gasteiger partial charge in [-0.25, -0.2) is 4.98 Å². The van der Waals surface area contributed by atoms with E-state index >= 15 is 0 Å². The maximum atomic E-state index is 10.5. The van der Waals surface area contributed by atoms with Gasteiger partial charge in [0, 0.05) is 11.8 Å². The SMILES string of the molecule is CC(=O)Cc1csc(Cl)n1. The van der Waals surface area contributed by atoms with Crippen molar-refractivity contribution in [2.24, 2.45) is 0 Å². The van der Waals surface area contributed by atoms with Gasteiger partial charge >= 0.3 is 0 Å². The average molecular weight is 176 g/mol. The molecule has 0 aliphatic carbocycles. The van der Waals surface area contributed by atoms with Crippen molar-refractivity contribution in [3.63, 3.8) is 0 Å². The molecule has 10 heavy (non-hydrogen) atoms. The van der Waals surface area contributed by atoms with Crippen molar-refractivity contribution in [3.05, 3.63) is 15.5 Å². The third-order valence-electron chi connectivity index (χ3n) is 0.954. The Balaban J connectivity index is 2.67. The molecule has 54 valence electrons. The number of thiazole rings is 1. The van der Waals surface area contributed by atoms with Crippen molar-refractivity contribution in [1.82, 2.24) is 4.98 Å². The topological polar surface area (TPSA) is 30.0 Å². The molecule has 0 atom stereocenters. The van der Waals surface area contributed by atoms with Gasteiger partial charge in [-0.3, -0.25) is 4.79 Å². The molecule has 4 heteroatoms. The van der Waals surface area contributed by atoms with Gasteiger partial charge in [0.1, 0.15) is 5.78 Å². The van der Waals surface area contributed by atoms with Gasteiger partial charge < -0.3 is 0 Å². The van der Waals surface area contributed by atoms with E-state index in [1.54, 1.807) is 5.38 Å². The molecule has 1 aromatic heterocycles. The number of aromatic nitrogens is 1. The lowest BCUT2D eigenvalue weighted by Crippen LogP contribution is -1.95. The van der Waals surface area contributed by atoms with Gasteiger partial charge in [-0.1, -0.05) is 11.6 Å². The van der Waals surface area contributed by atoms with E-state index in [1.165, 1.54) is 18.3 Å². The zero-order chi connectivity index (χ0) is 7.56. The predicted molar refractivity (Wildman–Crippen MR) is 41.5 cm³/mol. The predicted octanol–water partition coefficient (Wildman–Crippen LogP) is 1.93. The summed E-state index contributed by atoms with van der Waals surface area (Å²) in [5.41, 5.74) is 0.766. The lowest BCUT2D eigenvalue weighted by atomic mass is 10.3. The summed E-state index contributed by atoms with van der Waals surface area (Å²) in [6, 6.07) is 0. The number of halogens is 1. The number of hydrogen-bond donors (Lipinski definition) is 0. The van der Waals surface area contributed by atoms with E-state index in [0.717, 1.165) is 5.69 Å². The minimum absolute atomic E-state index is 0.113. The summed E-state index contributed by atoms with van der Waals surface area (Å²) < 4.78 is 0.497. The summed E-state index contributed by atoms with van der Waals surface area (Å²) >= 11 is 6.89. The number of carbonyl (C=O) groups excluding carboxylic acids is 1. The molecule has 1 rings (SSSR count). The van der Waals surface area contributed by atoms with Gasteiger partial charge in [0.15, 0.2) is 4.47 Å². The first-order chi connectivity index (χ1) is 4.68. The highest BCUT2D eigenvalue weighted by atomic mass is 35.5. The molecule has 0 aliphatic heterocycles. The number of ketones is 1. The largest absolute Gasteiger partial charge is 0.300 e. The molecule has 0 saturated carbocycles. The minimum atomic E-state index is 0.113. The summed E-state index contributed by atoms with van der Waals surface area (Å²) in [6.45, 7) is 1.53. The number of nitrogens with zero attached hydrogens (tertiary/aromatic N) is 1. The van der Waals surface area contributed by atoms with Crippen LogP contribution >= 0.6 is 22.9 Å². The second-order valence-electron chi connectivity index (χ2n) is 1.97. The molecule has 2 nitrogen and oxygen atoms in total. The molecule has 0 spiro atoms. The first kappa shape index (κ1) is 7.69. The molecular weight excluding hydrogens is 170 g/mol. The van der Waals surface area contributed by atoms with Crippen LogP contribution in [0.25, 0.3) is 0 Å². The van der Waals surface area contributed by atoms with Gasteiger partial charge in [-0.05, 0) is 6.92 Å². The zero-order valence-electron chi connectivity index (χ0n) is 5.43. The maximum absolute atomic E-state index is 10.5. The highest BCUT2D eigenvalue weighted by molar-refractivity contribution is 7.13. The van der Waals surface area contributed by atoms with Crippen LogP contribution in [0.1, 0.15) is 12.6 Å². The Morgan fingerprint density at radius 1 is 1.90 bits per heavy atom. The quantitative estimate of drug-likeness (QED) is 0.688. The van der Waals surface area contributed by atoms with Crippen molar-refractivity contribution in [2.75, 3.05) is 0 Å². The van der Waals surface area contributed by atoms with E-state index in [4.69, 9.17) is 11.6 Å². The fraction of sp³-hybridized carbons (Fsp3) is 0.333. The van der Waals surface area contributed by atoms with Crippen molar-refractivity contribution < 1.29 is 4.79 Å². The molecule has 0 N–H and O–H groups in total. The molecule has 1 heterocycles. The molecule has 0 unspecified atom stereocenters. The van der Waals surface area contributed by atoms with Crippen LogP contribution in [0.3, 0.4) is 0 Å². The van der Waals surface area contributed by atoms with E-state index in [2.05, 4.69) is 4.98 Å². The van der Waals surface area contributed by atoms with E-state index in [9.17, 15) is 4.79 Å². The number of hydrogen-bond acceptors (Lipinski definition) is 3. The van der Waals surface area contributed by atoms with Gasteiger partial charge in [-0.15, -0.1) is 11.3 Å². The lowest BCUT2D eigenvalue weighted by molar-refractivity contribution is -0.116. The molecule has 0 saturated heterocycles. The van der Waals surface area contributed by atoms with Crippen LogP contribution < -0.4 is 0 Å². The van der Waals surface area contributed by atoms with Crippen LogP contribution in [0.2, 0.25) is 4.47 Å². The van der Waals surface area contributed by atoms with Crippen LogP contribution in [0, 0.1) is 0 Å². The summed E-state index contributed by atoms with van der Waals surface area (Å²) in [5, 5.41) is 1.80. The molecule has 0 bridgehead atoms. The maximum Gasteiger partial charge on any atom is 0.183 e. The third kappa shape index (κ3) is 2.08. The number of Topliss-reactive ketones (excluding diaryl/α,β-unsaturated/α-hetero) is 1. The van der Waals surface area contributed by atoms with Crippen molar-refractivity contribution in [3.8, 4) is 0 Å². The van der Waals surface area contributed by atoms with Gasteiger partial charge in [0.25, 0.3) is 0 Å². The Bertz CT molecular complexity index is 246. The monoisotopic (exact) mass is 175 g/mol. The Kier molecular flexibility index (Phi) is 2.40. The molecule has 0 aliphatic rings. The Labute approximate surface area is 67.9 Å². The van der Waals surface area contributed by atoms with Crippen molar-refractivity contribution in [1.29, 1.82) is 0 Å². The lowest BCUT2D eigenvalue weighted by Gasteiger charge is -1.85. The first-order valence-electron chi connectivity index (χ1n) is 2.78. The summed E-state index contributed by atoms with van der Waals surface area (Å²) in [5.74, 6) is 0.113.